The summed E-state index contributed by atoms with van der Waals surface area (Å²) in [5, 5.41) is 0. The Bertz CT molecular complexity index is 1320. The Morgan fingerprint density at radius 3 is 2.66 bits per heavy atom. The van der Waals surface area contributed by atoms with Crippen molar-refractivity contribution < 1.29 is 14.3 Å². The van der Waals surface area contributed by atoms with Crippen molar-refractivity contribution in [1.82, 2.24) is 14.4 Å². The first-order valence-electron chi connectivity index (χ1n) is 12.1. The molecule has 2 aromatic heterocycles. The van der Waals surface area contributed by atoms with E-state index in [4.69, 9.17) is 14.5 Å². The molecule has 1 saturated carbocycles. The smallest absolute Gasteiger partial charge is 0.306 e. The lowest BCUT2D eigenvalue weighted by molar-refractivity contribution is -0.156. The molecule has 0 bridgehead atoms. The zero-order valence-electron chi connectivity index (χ0n) is 20.5. The number of aromatic nitrogens is 3. The second-order valence-corrected chi connectivity index (χ2v) is 10.5. The van der Waals surface area contributed by atoms with Crippen LogP contribution in [-0.4, -0.2) is 26.4 Å². The van der Waals surface area contributed by atoms with Gasteiger partial charge in [0.2, 0.25) is 0 Å². The molecule has 0 saturated heterocycles. The van der Waals surface area contributed by atoms with E-state index < -0.39 is 0 Å². The zero-order valence-corrected chi connectivity index (χ0v) is 20.5. The molecule has 5 rings (SSSR count). The molecule has 0 N–H and O–H groups in total. The number of carbonyl (C=O) groups excluding carboxylic acids is 1. The first kappa shape index (κ1) is 23.1. The molecule has 4 aromatic rings. The van der Waals surface area contributed by atoms with E-state index in [0.29, 0.717) is 13.0 Å². The molecule has 6 heteroatoms. The van der Waals surface area contributed by atoms with Crippen LogP contribution in [-0.2, 0) is 16.1 Å². The summed E-state index contributed by atoms with van der Waals surface area (Å²) in [7, 11) is 0. The molecule has 0 atom stereocenters. The van der Waals surface area contributed by atoms with Crippen molar-refractivity contribution in [1.29, 1.82) is 0 Å². The van der Waals surface area contributed by atoms with Crippen LogP contribution in [0.3, 0.4) is 0 Å². The van der Waals surface area contributed by atoms with Gasteiger partial charge in [0.1, 0.15) is 24.3 Å². The predicted molar refractivity (Wildman–Crippen MR) is 135 cm³/mol. The van der Waals surface area contributed by atoms with Gasteiger partial charge in [-0.05, 0) is 36.0 Å². The zero-order chi connectivity index (χ0) is 24.4. The average Bonchev–Trinajstić information content (AvgIpc) is 3.19. The van der Waals surface area contributed by atoms with Gasteiger partial charge in [-0.2, -0.15) is 0 Å². The van der Waals surface area contributed by atoms with Gasteiger partial charge in [-0.1, -0.05) is 63.2 Å². The van der Waals surface area contributed by atoms with Crippen LogP contribution < -0.4 is 4.74 Å². The van der Waals surface area contributed by atoms with Gasteiger partial charge in [0.15, 0.2) is 0 Å². The maximum absolute atomic E-state index is 12.2. The Labute approximate surface area is 206 Å². The highest BCUT2D eigenvalue weighted by Crippen LogP contribution is 2.41. The van der Waals surface area contributed by atoms with Crippen molar-refractivity contribution in [2.24, 2.45) is 5.41 Å². The third kappa shape index (κ3) is 5.37. The van der Waals surface area contributed by atoms with Crippen LogP contribution in [0.1, 0.15) is 57.2 Å². The average molecular weight is 470 g/mol. The summed E-state index contributed by atoms with van der Waals surface area (Å²) in [6.45, 7) is 6.65. The van der Waals surface area contributed by atoms with Crippen LogP contribution in [0, 0.1) is 5.41 Å². The van der Waals surface area contributed by atoms with Crippen LogP contribution in [0.4, 0.5) is 0 Å². The number of nitrogens with zero attached hydrogens (tertiary/aromatic N) is 3. The standard InChI is InChI=1S/C29H31N3O3/c1-29(2,3)17-26(33)35-24-15-22(16-24)27-25-18-30-12-13-32(25)28(31-27)21-10-7-11-23(14-21)34-19-20-8-5-4-6-9-20/h4-14,18,22,24H,15-17,19H2,1-3H3. The second-order valence-electron chi connectivity index (χ2n) is 10.5. The van der Waals surface area contributed by atoms with Crippen LogP contribution in [0.15, 0.2) is 73.2 Å². The maximum atomic E-state index is 12.2. The summed E-state index contributed by atoms with van der Waals surface area (Å²) in [4.78, 5) is 21.6. The number of carbonyl (C=O) groups is 1. The summed E-state index contributed by atoms with van der Waals surface area (Å²) in [5.74, 6) is 1.78. The minimum absolute atomic E-state index is 0.0403. The molecular formula is C29H31N3O3. The first-order chi connectivity index (χ1) is 16.9. The van der Waals surface area contributed by atoms with E-state index in [0.717, 1.165) is 46.8 Å². The Morgan fingerprint density at radius 1 is 1.09 bits per heavy atom. The number of rotatable bonds is 7. The largest absolute Gasteiger partial charge is 0.489 e. The highest BCUT2D eigenvalue weighted by molar-refractivity contribution is 5.70. The van der Waals surface area contributed by atoms with Gasteiger partial charge in [0, 0.05) is 23.9 Å². The SMILES string of the molecule is CC(C)(C)CC(=O)OC1CC(c2nc(-c3cccc(OCc4ccccc4)c3)n3ccncc23)C1. The van der Waals surface area contributed by atoms with Gasteiger partial charge in [-0.3, -0.25) is 14.2 Å². The molecule has 1 aliphatic carbocycles. The molecule has 2 aromatic carbocycles. The summed E-state index contributed by atoms with van der Waals surface area (Å²) in [6.07, 6.45) is 7.54. The van der Waals surface area contributed by atoms with Gasteiger partial charge in [0.25, 0.3) is 0 Å². The fraction of sp³-hybridized carbons (Fsp3) is 0.345. The minimum Gasteiger partial charge on any atom is -0.489 e. The van der Waals surface area contributed by atoms with Gasteiger partial charge in [-0.15, -0.1) is 0 Å². The van der Waals surface area contributed by atoms with Crippen molar-refractivity contribution in [2.45, 2.75) is 58.7 Å². The number of benzene rings is 2. The number of esters is 1. The van der Waals surface area contributed by atoms with Crippen molar-refractivity contribution in [3.8, 4) is 17.1 Å². The number of imidazole rings is 1. The molecule has 0 aliphatic heterocycles. The lowest BCUT2D eigenvalue weighted by atomic mass is 9.79. The Hall–Kier alpha value is -3.67. The molecular weight excluding hydrogens is 438 g/mol. The second kappa shape index (κ2) is 9.53. The van der Waals surface area contributed by atoms with E-state index in [2.05, 4.69) is 21.5 Å². The monoisotopic (exact) mass is 469 g/mol. The predicted octanol–water partition coefficient (Wildman–Crippen LogP) is 6.20. The number of hydrogen-bond donors (Lipinski definition) is 0. The Kier molecular flexibility index (Phi) is 6.29. The molecule has 35 heavy (non-hydrogen) atoms. The lowest BCUT2D eigenvalue weighted by Gasteiger charge is -2.34. The van der Waals surface area contributed by atoms with Gasteiger partial charge < -0.3 is 9.47 Å². The van der Waals surface area contributed by atoms with E-state index in [-0.39, 0.29) is 23.4 Å². The quantitative estimate of drug-likeness (QED) is 0.302. The molecule has 2 heterocycles. The van der Waals surface area contributed by atoms with E-state index in [1.54, 1.807) is 6.20 Å². The third-order valence-corrected chi connectivity index (χ3v) is 6.27. The van der Waals surface area contributed by atoms with E-state index in [9.17, 15) is 4.79 Å². The van der Waals surface area contributed by atoms with Crippen LogP contribution >= 0.6 is 0 Å². The van der Waals surface area contributed by atoms with E-state index in [1.165, 1.54) is 0 Å². The topological polar surface area (TPSA) is 65.7 Å². The molecule has 1 aliphatic rings. The summed E-state index contributed by atoms with van der Waals surface area (Å²) < 4.78 is 13.8. The fourth-order valence-corrected chi connectivity index (χ4v) is 4.48. The van der Waals surface area contributed by atoms with Crippen LogP contribution in [0.2, 0.25) is 0 Å². The summed E-state index contributed by atoms with van der Waals surface area (Å²) in [6, 6.07) is 18.2. The van der Waals surface area contributed by atoms with Gasteiger partial charge >= 0.3 is 5.97 Å². The summed E-state index contributed by atoms with van der Waals surface area (Å²) >= 11 is 0. The molecule has 180 valence electrons. The van der Waals surface area contributed by atoms with E-state index >= 15 is 0 Å². The summed E-state index contributed by atoms with van der Waals surface area (Å²) in [5.41, 5.74) is 4.03. The van der Waals surface area contributed by atoms with E-state index in [1.807, 2.05) is 75.6 Å². The highest BCUT2D eigenvalue weighted by atomic mass is 16.5. The third-order valence-electron chi connectivity index (χ3n) is 6.27. The maximum Gasteiger partial charge on any atom is 0.306 e. The van der Waals surface area contributed by atoms with Crippen molar-refractivity contribution in [3.05, 3.63) is 84.4 Å². The molecule has 6 nitrogen and oxygen atoms in total. The van der Waals surface area contributed by atoms with Crippen molar-refractivity contribution in [3.63, 3.8) is 0 Å². The molecule has 1 fully saturated rings. The van der Waals surface area contributed by atoms with Crippen molar-refractivity contribution in [2.75, 3.05) is 0 Å². The normalized spacial score (nSPS) is 17.7. The number of ether oxygens (including phenoxy) is 2. The molecule has 0 unspecified atom stereocenters. The van der Waals surface area contributed by atoms with Gasteiger partial charge in [-0.25, -0.2) is 4.98 Å². The number of hydrogen-bond acceptors (Lipinski definition) is 5. The Morgan fingerprint density at radius 2 is 1.89 bits per heavy atom. The number of fused-ring (bicyclic) bond motifs is 1. The fourth-order valence-electron chi connectivity index (χ4n) is 4.48. The molecule has 0 spiro atoms. The van der Waals surface area contributed by atoms with Crippen molar-refractivity contribution >= 4 is 11.5 Å². The first-order valence-corrected chi connectivity index (χ1v) is 12.1. The molecule has 0 amide bonds. The van der Waals surface area contributed by atoms with Crippen LogP contribution in [0.5, 0.6) is 5.75 Å². The lowest BCUT2D eigenvalue weighted by Crippen LogP contribution is -2.33. The Balaban J connectivity index is 1.33. The minimum atomic E-state index is -0.120. The molecule has 0 radical (unpaired) electrons. The highest BCUT2D eigenvalue weighted by Gasteiger charge is 2.36. The van der Waals surface area contributed by atoms with Gasteiger partial charge in [0.05, 0.1) is 23.8 Å². The van der Waals surface area contributed by atoms with Crippen LogP contribution in [0.25, 0.3) is 16.9 Å².